The molecule has 1 unspecified atom stereocenters. The zero-order chi connectivity index (χ0) is 17.4. The fourth-order valence-corrected chi connectivity index (χ4v) is 3.21. The summed E-state index contributed by atoms with van der Waals surface area (Å²) in [5.74, 6) is -3.22. The summed E-state index contributed by atoms with van der Waals surface area (Å²) in [6.45, 7) is 1.56. The maximum atomic E-state index is 13.2. The minimum atomic E-state index is -4.73. The topological polar surface area (TPSA) is 66.4 Å². The van der Waals surface area contributed by atoms with Crippen LogP contribution in [0.4, 0.5) is 17.6 Å². The molecule has 23 heavy (non-hydrogen) atoms. The molecule has 2 aromatic rings. The van der Waals surface area contributed by atoms with Crippen molar-refractivity contribution in [1.29, 1.82) is 0 Å². The first kappa shape index (κ1) is 17.2. The predicted molar refractivity (Wildman–Crippen MR) is 76.1 cm³/mol. The highest BCUT2D eigenvalue weighted by Gasteiger charge is 2.36. The molecule has 0 saturated carbocycles. The third-order valence-corrected chi connectivity index (χ3v) is 4.40. The number of amides is 1. The summed E-state index contributed by atoms with van der Waals surface area (Å²) >= 11 is 0.892. The molecule has 1 amide bonds. The molecule has 4 nitrogen and oxygen atoms in total. The number of hydrogen-bond donors (Lipinski definition) is 2. The van der Waals surface area contributed by atoms with Crippen molar-refractivity contribution in [3.05, 3.63) is 34.5 Å². The van der Waals surface area contributed by atoms with Crippen LogP contribution in [0.3, 0.4) is 0 Å². The first-order valence-electron chi connectivity index (χ1n) is 6.37. The Morgan fingerprint density at radius 2 is 2.00 bits per heavy atom. The van der Waals surface area contributed by atoms with Gasteiger partial charge in [0.2, 0.25) is 0 Å². The third-order valence-electron chi connectivity index (χ3n) is 3.15. The van der Waals surface area contributed by atoms with Gasteiger partial charge in [0.1, 0.15) is 11.9 Å². The number of hydrogen-bond acceptors (Lipinski definition) is 3. The molecule has 0 aliphatic rings. The first-order valence-corrected chi connectivity index (χ1v) is 7.19. The van der Waals surface area contributed by atoms with E-state index in [1.807, 2.05) is 5.32 Å². The molecule has 2 N–H and O–H groups in total. The van der Waals surface area contributed by atoms with Crippen molar-refractivity contribution in [2.24, 2.45) is 0 Å². The first-order chi connectivity index (χ1) is 10.6. The number of carbonyl (C=O) groups excluding carboxylic acids is 1. The molecule has 0 aliphatic heterocycles. The van der Waals surface area contributed by atoms with Gasteiger partial charge in [-0.05, 0) is 30.0 Å². The van der Waals surface area contributed by atoms with Crippen molar-refractivity contribution < 1.29 is 32.3 Å². The van der Waals surface area contributed by atoms with Gasteiger partial charge in [0.15, 0.2) is 0 Å². The molecule has 1 aromatic heterocycles. The van der Waals surface area contributed by atoms with Gasteiger partial charge in [-0.3, -0.25) is 4.79 Å². The molecule has 1 atom stereocenters. The smallest absolute Gasteiger partial charge is 0.391 e. The largest absolute Gasteiger partial charge is 0.480 e. The highest BCUT2D eigenvalue weighted by molar-refractivity contribution is 7.21. The fourth-order valence-electron chi connectivity index (χ4n) is 2.07. The molecule has 0 radical (unpaired) electrons. The van der Waals surface area contributed by atoms with Crippen molar-refractivity contribution in [2.45, 2.75) is 25.6 Å². The predicted octanol–water partition coefficient (Wildman–Crippen LogP) is 3.48. The van der Waals surface area contributed by atoms with Crippen LogP contribution in [0.5, 0.6) is 0 Å². The van der Waals surface area contributed by atoms with Gasteiger partial charge >= 0.3 is 12.1 Å². The second-order valence-corrected chi connectivity index (χ2v) is 5.93. The number of rotatable bonds is 4. The Kier molecular flexibility index (Phi) is 4.60. The fraction of sp³-hybridized carbons (Fsp3) is 0.286. The minimum Gasteiger partial charge on any atom is -0.480 e. The van der Waals surface area contributed by atoms with Gasteiger partial charge in [-0.15, -0.1) is 11.3 Å². The number of carboxylic acid groups (broad SMARTS) is 1. The molecule has 0 saturated heterocycles. The second-order valence-electron chi connectivity index (χ2n) is 4.88. The van der Waals surface area contributed by atoms with Crippen molar-refractivity contribution >= 4 is 33.3 Å². The maximum Gasteiger partial charge on any atom is 0.391 e. The molecule has 124 valence electrons. The Morgan fingerprint density at radius 1 is 1.35 bits per heavy atom. The number of fused-ring (bicyclic) bond motifs is 1. The maximum absolute atomic E-state index is 13.2. The number of benzene rings is 1. The highest BCUT2D eigenvalue weighted by atomic mass is 32.1. The number of carbonyl (C=O) groups is 2. The zero-order valence-corrected chi connectivity index (χ0v) is 12.5. The van der Waals surface area contributed by atoms with Crippen molar-refractivity contribution in [3.63, 3.8) is 0 Å². The molecule has 2 rings (SSSR count). The summed E-state index contributed by atoms with van der Waals surface area (Å²) in [6, 6.07) is 1.78. The lowest BCUT2D eigenvalue weighted by Crippen LogP contribution is -2.43. The molecular formula is C14H11F4NO3S. The summed E-state index contributed by atoms with van der Waals surface area (Å²) in [5.41, 5.74) is 0.457. The number of carboxylic acids is 1. The molecular weight excluding hydrogens is 338 g/mol. The Morgan fingerprint density at radius 3 is 2.57 bits per heavy atom. The highest BCUT2D eigenvalue weighted by Crippen LogP contribution is 2.31. The SMILES string of the molecule is Cc1c(C(=O)NC(CC(F)(F)F)C(=O)O)sc2cc(F)ccc12. The van der Waals surface area contributed by atoms with Crippen LogP contribution in [0.25, 0.3) is 10.1 Å². The minimum absolute atomic E-state index is 0.0547. The van der Waals surface area contributed by atoms with Gasteiger partial charge in [0, 0.05) is 4.70 Å². The van der Waals surface area contributed by atoms with E-state index < -0.39 is 36.3 Å². The van der Waals surface area contributed by atoms with Crippen molar-refractivity contribution in [3.8, 4) is 0 Å². The van der Waals surface area contributed by atoms with Crippen LogP contribution in [0, 0.1) is 12.7 Å². The Labute approximate surface area is 131 Å². The number of nitrogens with one attached hydrogen (secondary N) is 1. The zero-order valence-electron chi connectivity index (χ0n) is 11.7. The Hall–Kier alpha value is -2.16. The van der Waals surface area contributed by atoms with E-state index in [1.165, 1.54) is 18.2 Å². The van der Waals surface area contributed by atoms with Gasteiger partial charge in [0.25, 0.3) is 5.91 Å². The molecule has 0 spiro atoms. The summed E-state index contributed by atoms with van der Waals surface area (Å²) in [6.07, 6.45) is -6.40. The van der Waals surface area contributed by atoms with E-state index in [9.17, 15) is 27.2 Å². The Balaban J connectivity index is 2.29. The number of alkyl halides is 3. The lowest BCUT2D eigenvalue weighted by atomic mass is 10.1. The molecule has 0 bridgehead atoms. The van der Waals surface area contributed by atoms with E-state index >= 15 is 0 Å². The van der Waals surface area contributed by atoms with Gasteiger partial charge in [-0.1, -0.05) is 6.07 Å². The van der Waals surface area contributed by atoms with Crippen LogP contribution in [0.15, 0.2) is 18.2 Å². The van der Waals surface area contributed by atoms with Crippen LogP contribution in [-0.4, -0.2) is 29.2 Å². The summed E-state index contributed by atoms with van der Waals surface area (Å²) < 4.78 is 50.7. The molecule has 1 heterocycles. The van der Waals surface area contributed by atoms with Gasteiger partial charge < -0.3 is 10.4 Å². The van der Waals surface area contributed by atoms with Crippen LogP contribution in [-0.2, 0) is 4.79 Å². The summed E-state index contributed by atoms with van der Waals surface area (Å²) in [5, 5.41) is 11.3. The van der Waals surface area contributed by atoms with Gasteiger partial charge in [-0.2, -0.15) is 13.2 Å². The third kappa shape index (κ3) is 3.98. The quantitative estimate of drug-likeness (QED) is 0.831. The molecule has 1 aromatic carbocycles. The van der Waals surface area contributed by atoms with Crippen LogP contribution >= 0.6 is 11.3 Å². The van der Waals surface area contributed by atoms with E-state index in [2.05, 4.69) is 0 Å². The number of halogens is 4. The Bertz CT molecular complexity index is 769. The van der Waals surface area contributed by atoms with Crippen molar-refractivity contribution in [1.82, 2.24) is 5.32 Å². The lowest BCUT2D eigenvalue weighted by Gasteiger charge is -2.16. The lowest BCUT2D eigenvalue weighted by molar-refractivity contribution is -0.157. The normalized spacial score (nSPS) is 13.1. The number of aryl methyl sites for hydroxylation is 1. The van der Waals surface area contributed by atoms with Gasteiger partial charge in [-0.25, -0.2) is 9.18 Å². The van der Waals surface area contributed by atoms with Crippen LogP contribution in [0.1, 0.15) is 21.7 Å². The van der Waals surface area contributed by atoms with Crippen LogP contribution < -0.4 is 5.32 Å². The van der Waals surface area contributed by atoms with Crippen molar-refractivity contribution in [2.75, 3.05) is 0 Å². The van der Waals surface area contributed by atoms with E-state index in [-0.39, 0.29) is 4.88 Å². The molecule has 9 heteroatoms. The average molecular weight is 349 g/mol. The number of thiophene rings is 1. The standard InChI is InChI=1S/C14H11F4NO3S/c1-6-8-3-2-7(15)4-10(8)23-11(6)12(20)19-9(13(21)22)5-14(16,17)18/h2-4,9H,5H2,1H3,(H,19,20)(H,21,22). The van der Waals surface area contributed by atoms with Crippen LogP contribution in [0.2, 0.25) is 0 Å². The average Bonchev–Trinajstić information content (AvgIpc) is 2.73. The van der Waals surface area contributed by atoms with E-state index in [0.29, 0.717) is 15.6 Å². The second kappa shape index (κ2) is 6.15. The van der Waals surface area contributed by atoms with E-state index in [4.69, 9.17) is 5.11 Å². The molecule has 0 fully saturated rings. The monoisotopic (exact) mass is 349 g/mol. The number of aliphatic carboxylic acids is 1. The molecule has 0 aliphatic carbocycles. The summed E-state index contributed by atoms with van der Waals surface area (Å²) in [7, 11) is 0. The summed E-state index contributed by atoms with van der Waals surface area (Å²) in [4.78, 5) is 23.0. The van der Waals surface area contributed by atoms with Gasteiger partial charge in [0.05, 0.1) is 11.3 Å². The van der Waals surface area contributed by atoms with E-state index in [0.717, 1.165) is 11.3 Å². The van der Waals surface area contributed by atoms with E-state index in [1.54, 1.807) is 6.92 Å².